The molecule has 1 amide bonds. The number of hydrogen-bond acceptors (Lipinski definition) is 3. The quantitative estimate of drug-likeness (QED) is 0.733. The molecule has 1 unspecified atom stereocenters. The number of aliphatic carboxylic acids is 1. The van der Waals surface area contributed by atoms with Crippen molar-refractivity contribution in [3.8, 4) is 0 Å². The van der Waals surface area contributed by atoms with Crippen LogP contribution < -0.4 is 5.32 Å². The summed E-state index contributed by atoms with van der Waals surface area (Å²) in [4.78, 5) is 22.0. The van der Waals surface area contributed by atoms with Crippen molar-refractivity contribution in [2.45, 2.75) is 19.9 Å². The van der Waals surface area contributed by atoms with Crippen molar-refractivity contribution in [1.29, 1.82) is 0 Å². The minimum absolute atomic E-state index is 0.225. The lowest BCUT2D eigenvalue weighted by Crippen LogP contribution is -2.38. The molecule has 82 valence electrons. The third-order valence-corrected chi connectivity index (χ3v) is 2.06. The maximum atomic E-state index is 11.5. The Morgan fingerprint density at radius 3 is 2.60 bits per heavy atom. The van der Waals surface area contributed by atoms with Crippen LogP contribution in [0.1, 0.15) is 23.1 Å². The van der Waals surface area contributed by atoms with Crippen LogP contribution in [0.25, 0.3) is 0 Å². The van der Waals surface area contributed by atoms with E-state index >= 15 is 0 Å². The Hall–Kier alpha value is -1.85. The molecule has 15 heavy (non-hydrogen) atoms. The van der Waals surface area contributed by atoms with Gasteiger partial charge in [-0.05, 0) is 19.9 Å². The lowest BCUT2D eigenvalue weighted by Gasteiger charge is -2.06. The van der Waals surface area contributed by atoms with Crippen molar-refractivity contribution in [2.24, 2.45) is 7.05 Å². The summed E-state index contributed by atoms with van der Waals surface area (Å²) in [6.45, 7) is 3.21. The topological polar surface area (TPSA) is 84.2 Å². The van der Waals surface area contributed by atoms with Gasteiger partial charge in [-0.15, -0.1) is 0 Å². The zero-order chi connectivity index (χ0) is 11.6. The Morgan fingerprint density at radius 2 is 2.20 bits per heavy atom. The molecule has 0 radical (unpaired) electrons. The molecule has 2 N–H and O–H groups in total. The second-order valence-corrected chi connectivity index (χ2v) is 3.33. The molecule has 1 rings (SSSR count). The van der Waals surface area contributed by atoms with Gasteiger partial charge < -0.3 is 10.4 Å². The number of aromatic nitrogens is 2. The summed E-state index contributed by atoms with van der Waals surface area (Å²) in [6, 6.07) is 0.684. The summed E-state index contributed by atoms with van der Waals surface area (Å²) in [5.41, 5.74) is 1.06. The summed E-state index contributed by atoms with van der Waals surface area (Å²) in [7, 11) is 1.72. The van der Waals surface area contributed by atoms with Crippen molar-refractivity contribution in [3.05, 3.63) is 17.5 Å². The van der Waals surface area contributed by atoms with Crippen molar-refractivity contribution in [3.63, 3.8) is 0 Å². The van der Waals surface area contributed by atoms with Gasteiger partial charge in [0.2, 0.25) is 0 Å². The van der Waals surface area contributed by atoms with E-state index < -0.39 is 17.9 Å². The fourth-order valence-electron chi connectivity index (χ4n) is 1.00. The SMILES string of the molecule is Cc1cc(C(=O)NC(C)C(=O)O)nn1C. The molecule has 6 nitrogen and oxygen atoms in total. The molecular formula is C9H13N3O3. The highest BCUT2D eigenvalue weighted by Crippen LogP contribution is 2.01. The first-order valence-electron chi connectivity index (χ1n) is 4.46. The Morgan fingerprint density at radius 1 is 1.60 bits per heavy atom. The average Bonchev–Trinajstić information content (AvgIpc) is 2.46. The minimum atomic E-state index is -1.07. The van der Waals surface area contributed by atoms with E-state index in [1.165, 1.54) is 6.92 Å². The molecule has 0 aliphatic carbocycles. The Balaban J connectivity index is 2.73. The van der Waals surface area contributed by atoms with Crippen LogP contribution in [0.15, 0.2) is 6.07 Å². The Bertz CT molecular complexity index is 378. The number of carbonyl (C=O) groups excluding carboxylic acids is 1. The number of hydrogen-bond donors (Lipinski definition) is 2. The van der Waals surface area contributed by atoms with Gasteiger partial charge >= 0.3 is 5.97 Å². The second-order valence-electron chi connectivity index (χ2n) is 3.33. The van der Waals surface area contributed by atoms with Gasteiger partial charge in [0.05, 0.1) is 0 Å². The predicted molar refractivity (Wildman–Crippen MR) is 52.5 cm³/mol. The van der Waals surface area contributed by atoms with E-state index in [0.29, 0.717) is 0 Å². The molecule has 0 saturated carbocycles. The first-order valence-corrected chi connectivity index (χ1v) is 4.46. The zero-order valence-electron chi connectivity index (χ0n) is 8.81. The second kappa shape index (κ2) is 4.12. The molecule has 0 aliphatic rings. The standard InChI is InChI=1S/C9H13N3O3/c1-5-4-7(11-12(5)3)8(13)10-6(2)9(14)15/h4,6H,1-3H3,(H,10,13)(H,14,15). The first kappa shape index (κ1) is 11.2. The molecule has 0 spiro atoms. The van der Waals surface area contributed by atoms with Crippen LogP contribution >= 0.6 is 0 Å². The maximum Gasteiger partial charge on any atom is 0.325 e. The lowest BCUT2D eigenvalue weighted by atomic mass is 10.3. The number of nitrogens with one attached hydrogen (secondary N) is 1. The minimum Gasteiger partial charge on any atom is -0.480 e. The van der Waals surface area contributed by atoms with Gasteiger partial charge in [-0.25, -0.2) is 0 Å². The number of amides is 1. The highest BCUT2D eigenvalue weighted by Gasteiger charge is 2.17. The van der Waals surface area contributed by atoms with Gasteiger partial charge in [0, 0.05) is 12.7 Å². The maximum absolute atomic E-state index is 11.5. The molecule has 1 heterocycles. The number of carbonyl (C=O) groups is 2. The molecular weight excluding hydrogens is 198 g/mol. The highest BCUT2D eigenvalue weighted by atomic mass is 16.4. The van der Waals surface area contributed by atoms with Crippen molar-refractivity contribution < 1.29 is 14.7 Å². The Labute approximate surface area is 86.9 Å². The molecule has 0 aliphatic heterocycles. The summed E-state index contributed by atoms with van der Waals surface area (Å²) >= 11 is 0. The molecule has 0 fully saturated rings. The molecule has 1 atom stereocenters. The van der Waals surface area contributed by atoms with E-state index in [-0.39, 0.29) is 5.69 Å². The van der Waals surface area contributed by atoms with Crippen LogP contribution in [-0.4, -0.2) is 32.8 Å². The van der Waals surface area contributed by atoms with Crippen molar-refractivity contribution >= 4 is 11.9 Å². The summed E-state index contributed by atoms with van der Waals surface area (Å²) in [5.74, 6) is -1.55. The van der Waals surface area contributed by atoms with Crippen LogP contribution in [0.3, 0.4) is 0 Å². The van der Waals surface area contributed by atoms with Crippen LogP contribution in [0, 0.1) is 6.92 Å². The van der Waals surface area contributed by atoms with Gasteiger partial charge in [-0.2, -0.15) is 5.10 Å². The van der Waals surface area contributed by atoms with Gasteiger partial charge in [-0.1, -0.05) is 0 Å². The van der Waals surface area contributed by atoms with Crippen molar-refractivity contribution in [1.82, 2.24) is 15.1 Å². The van der Waals surface area contributed by atoms with Crippen LogP contribution in [-0.2, 0) is 11.8 Å². The van der Waals surface area contributed by atoms with Gasteiger partial charge in [0.1, 0.15) is 11.7 Å². The van der Waals surface area contributed by atoms with Crippen LogP contribution in [0.5, 0.6) is 0 Å². The van der Waals surface area contributed by atoms with E-state index in [1.807, 2.05) is 6.92 Å². The van der Waals surface area contributed by atoms with Gasteiger partial charge in [0.15, 0.2) is 0 Å². The summed E-state index contributed by atoms with van der Waals surface area (Å²) in [5, 5.41) is 14.9. The van der Waals surface area contributed by atoms with E-state index in [9.17, 15) is 9.59 Å². The van der Waals surface area contributed by atoms with E-state index in [1.54, 1.807) is 17.8 Å². The van der Waals surface area contributed by atoms with Crippen LogP contribution in [0.4, 0.5) is 0 Å². The average molecular weight is 211 g/mol. The number of nitrogens with zero attached hydrogens (tertiary/aromatic N) is 2. The number of carboxylic acid groups (broad SMARTS) is 1. The molecule has 1 aromatic rings. The molecule has 0 aromatic carbocycles. The molecule has 0 saturated heterocycles. The molecule has 0 bridgehead atoms. The zero-order valence-corrected chi connectivity index (χ0v) is 8.81. The monoisotopic (exact) mass is 211 g/mol. The third kappa shape index (κ3) is 2.55. The van der Waals surface area contributed by atoms with Gasteiger partial charge in [0.25, 0.3) is 5.91 Å². The fourth-order valence-corrected chi connectivity index (χ4v) is 1.00. The largest absolute Gasteiger partial charge is 0.480 e. The highest BCUT2D eigenvalue weighted by molar-refractivity contribution is 5.94. The van der Waals surface area contributed by atoms with Crippen molar-refractivity contribution in [2.75, 3.05) is 0 Å². The summed E-state index contributed by atoms with van der Waals surface area (Å²) in [6.07, 6.45) is 0. The van der Waals surface area contributed by atoms with E-state index in [4.69, 9.17) is 5.11 Å². The number of rotatable bonds is 3. The normalized spacial score (nSPS) is 12.2. The van der Waals surface area contributed by atoms with E-state index in [2.05, 4.69) is 10.4 Å². The van der Waals surface area contributed by atoms with E-state index in [0.717, 1.165) is 5.69 Å². The molecule has 1 aromatic heterocycles. The third-order valence-electron chi connectivity index (χ3n) is 2.06. The Kier molecular flexibility index (Phi) is 3.08. The van der Waals surface area contributed by atoms with Gasteiger partial charge in [-0.3, -0.25) is 14.3 Å². The molecule has 6 heteroatoms. The predicted octanol–water partition coefficient (Wildman–Crippen LogP) is -0.0686. The fraction of sp³-hybridized carbons (Fsp3) is 0.444. The smallest absolute Gasteiger partial charge is 0.325 e. The van der Waals surface area contributed by atoms with Crippen LogP contribution in [0.2, 0.25) is 0 Å². The first-order chi connectivity index (χ1) is 6.91. The number of aryl methyl sites for hydroxylation is 2. The lowest BCUT2D eigenvalue weighted by molar-refractivity contribution is -0.138. The summed E-state index contributed by atoms with van der Waals surface area (Å²) < 4.78 is 1.56. The number of carboxylic acids is 1.